The highest BCUT2D eigenvalue weighted by molar-refractivity contribution is 5.44. The summed E-state index contributed by atoms with van der Waals surface area (Å²) in [6.07, 6.45) is 8.00. The van der Waals surface area contributed by atoms with Gasteiger partial charge in [-0.1, -0.05) is 32.8 Å². The number of nitrogens with zero attached hydrogens (tertiary/aromatic N) is 1. The van der Waals surface area contributed by atoms with E-state index in [9.17, 15) is 5.11 Å². The Kier molecular flexibility index (Phi) is 3.48. The first kappa shape index (κ1) is 14.6. The van der Waals surface area contributed by atoms with Crippen LogP contribution in [0.1, 0.15) is 57.1 Å². The van der Waals surface area contributed by atoms with Crippen molar-refractivity contribution in [3.8, 4) is 5.75 Å². The van der Waals surface area contributed by atoms with Crippen molar-refractivity contribution >= 4 is 0 Å². The highest BCUT2D eigenvalue weighted by Crippen LogP contribution is 2.51. The van der Waals surface area contributed by atoms with Crippen molar-refractivity contribution in [2.45, 2.75) is 63.8 Å². The molecule has 3 aliphatic rings. The third kappa shape index (κ3) is 2.11. The van der Waals surface area contributed by atoms with Gasteiger partial charge < -0.3 is 5.11 Å². The molecule has 0 radical (unpaired) electrons. The molecule has 1 aromatic rings. The summed E-state index contributed by atoms with van der Waals surface area (Å²) in [5, 5.41) is 9.96. The van der Waals surface area contributed by atoms with E-state index in [1.165, 1.54) is 62.7 Å². The maximum Gasteiger partial charge on any atom is 0.115 e. The zero-order valence-electron chi connectivity index (χ0n) is 14.0. The molecule has 2 nitrogen and oxygen atoms in total. The van der Waals surface area contributed by atoms with Crippen molar-refractivity contribution in [3.05, 3.63) is 29.3 Å². The number of benzene rings is 1. The normalized spacial score (nSPS) is 35.0. The second-order valence-electron chi connectivity index (χ2n) is 8.09. The molecule has 2 fully saturated rings. The molecule has 1 heterocycles. The van der Waals surface area contributed by atoms with Gasteiger partial charge >= 0.3 is 0 Å². The van der Waals surface area contributed by atoms with Crippen molar-refractivity contribution in [2.24, 2.45) is 11.8 Å². The first-order chi connectivity index (χ1) is 10.6. The van der Waals surface area contributed by atoms with Gasteiger partial charge in [-0.15, -0.1) is 0 Å². The Morgan fingerprint density at radius 1 is 1.32 bits per heavy atom. The molecule has 1 saturated carbocycles. The van der Waals surface area contributed by atoms with E-state index >= 15 is 0 Å². The fraction of sp³-hybridized carbons (Fsp3) is 0.700. The lowest BCUT2D eigenvalue weighted by Gasteiger charge is -2.56. The van der Waals surface area contributed by atoms with Crippen molar-refractivity contribution in [3.63, 3.8) is 0 Å². The summed E-state index contributed by atoms with van der Waals surface area (Å²) < 4.78 is 0. The van der Waals surface area contributed by atoms with Gasteiger partial charge in [0.25, 0.3) is 0 Å². The summed E-state index contributed by atoms with van der Waals surface area (Å²) >= 11 is 0. The molecule has 1 aliphatic heterocycles. The van der Waals surface area contributed by atoms with Gasteiger partial charge in [0.15, 0.2) is 0 Å². The standard InChI is InChI=1S/C20H29NO/c1-3-17-19-11-15-7-8-16(22)12-18(15)20(17,2)9-10-21(19)13-14-5-4-6-14/h7-8,12,14,17,19,22H,3-6,9-11,13H2,1-2H3/t17-,19+,20-/m0/s1. The number of likely N-dealkylation sites (tertiary alicyclic amines) is 1. The molecule has 2 aliphatic carbocycles. The van der Waals surface area contributed by atoms with Crippen LogP contribution in [-0.4, -0.2) is 29.1 Å². The largest absolute Gasteiger partial charge is 0.508 e. The summed E-state index contributed by atoms with van der Waals surface area (Å²) in [7, 11) is 0. The zero-order chi connectivity index (χ0) is 15.3. The molecular formula is C20H29NO. The lowest BCUT2D eigenvalue weighted by atomic mass is 9.57. The maximum atomic E-state index is 9.96. The van der Waals surface area contributed by atoms with Crippen LogP contribution in [-0.2, 0) is 11.8 Å². The van der Waals surface area contributed by atoms with E-state index < -0.39 is 0 Å². The third-order valence-corrected chi connectivity index (χ3v) is 6.97. The van der Waals surface area contributed by atoms with Crippen LogP contribution in [0, 0.1) is 11.8 Å². The van der Waals surface area contributed by atoms with E-state index in [0.29, 0.717) is 11.8 Å². The monoisotopic (exact) mass is 299 g/mol. The molecule has 1 N–H and O–H groups in total. The molecule has 0 aromatic heterocycles. The molecule has 1 aromatic carbocycles. The quantitative estimate of drug-likeness (QED) is 0.908. The Labute approximate surface area is 134 Å². The van der Waals surface area contributed by atoms with Crippen LogP contribution < -0.4 is 0 Å². The van der Waals surface area contributed by atoms with Gasteiger partial charge in [-0.2, -0.15) is 0 Å². The van der Waals surface area contributed by atoms with Gasteiger partial charge in [-0.3, -0.25) is 4.90 Å². The Morgan fingerprint density at radius 3 is 2.82 bits per heavy atom. The highest BCUT2D eigenvalue weighted by atomic mass is 16.3. The molecule has 3 atom stereocenters. The third-order valence-electron chi connectivity index (χ3n) is 6.97. The zero-order valence-corrected chi connectivity index (χ0v) is 14.0. The van der Waals surface area contributed by atoms with Gasteiger partial charge in [0, 0.05) is 12.6 Å². The average Bonchev–Trinajstić information content (AvgIpc) is 2.45. The lowest BCUT2D eigenvalue weighted by Crippen LogP contribution is -2.59. The Morgan fingerprint density at radius 2 is 2.14 bits per heavy atom. The summed E-state index contributed by atoms with van der Waals surface area (Å²) in [4.78, 5) is 2.82. The Bertz CT molecular complexity index is 565. The Balaban J connectivity index is 1.69. The number of hydrogen-bond donors (Lipinski definition) is 1. The van der Waals surface area contributed by atoms with Crippen LogP contribution in [0.15, 0.2) is 18.2 Å². The predicted molar refractivity (Wildman–Crippen MR) is 90.3 cm³/mol. The number of rotatable bonds is 3. The molecule has 0 spiro atoms. The molecular weight excluding hydrogens is 270 g/mol. The maximum absolute atomic E-state index is 9.96. The molecule has 1 saturated heterocycles. The number of phenols is 1. The van der Waals surface area contributed by atoms with E-state index in [0.717, 1.165) is 11.8 Å². The number of piperidine rings is 1. The number of hydrogen-bond acceptors (Lipinski definition) is 2. The van der Waals surface area contributed by atoms with Crippen molar-refractivity contribution in [1.29, 1.82) is 0 Å². The van der Waals surface area contributed by atoms with Crippen LogP contribution in [0.4, 0.5) is 0 Å². The Hall–Kier alpha value is -1.02. The minimum Gasteiger partial charge on any atom is -0.508 e. The van der Waals surface area contributed by atoms with Crippen LogP contribution >= 0.6 is 0 Å². The fourth-order valence-electron chi connectivity index (χ4n) is 5.47. The van der Waals surface area contributed by atoms with E-state index in [2.05, 4.69) is 30.9 Å². The molecule has 4 rings (SSSR count). The van der Waals surface area contributed by atoms with Gasteiger partial charge in [0.05, 0.1) is 0 Å². The smallest absolute Gasteiger partial charge is 0.115 e. The van der Waals surface area contributed by atoms with Crippen LogP contribution in [0.25, 0.3) is 0 Å². The van der Waals surface area contributed by atoms with Gasteiger partial charge in [0.1, 0.15) is 5.75 Å². The van der Waals surface area contributed by atoms with Crippen LogP contribution in [0.2, 0.25) is 0 Å². The minimum absolute atomic E-state index is 0.252. The topological polar surface area (TPSA) is 23.5 Å². The summed E-state index contributed by atoms with van der Waals surface area (Å²) in [6.45, 7) is 7.37. The first-order valence-electron chi connectivity index (χ1n) is 9.18. The van der Waals surface area contributed by atoms with Gasteiger partial charge in [0.2, 0.25) is 0 Å². The summed E-state index contributed by atoms with van der Waals surface area (Å²) in [5.74, 6) is 2.13. The fourth-order valence-corrected chi connectivity index (χ4v) is 5.47. The summed E-state index contributed by atoms with van der Waals surface area (Å²) in [5.41, 5.74) is 3.16. The van der Waals surface area contributed by atoms with E-state index in [1.807, 2.05) is 6.07 Å². The second kappa shape index (κ2) is 5.26. The minimum atomic E-state index is 0.252. The lowest BCUT2D eigenvalue weighted by molar-refractivity contribution is 0.00238. The molecule has 2 bridgehead atoms. The van der Waals surface area contributed by atoms with Gasteiger partial charge in [-0.25, -0.2) is 0 Å². The van der Waals surface area contributed by atoms with Crippen molar-refractivity contribution in [2.75, 3.05) is 13.1 Å². The molecule has 2 heteroatoms. The van der Waals surface area contributed by atoms with E-state index in [1.54, 1.807) is 0 Å². The van der Waals surface area contributed by atoms with E-state index in [-0.39, 0.29) is 5.41 Å². The first-order valence-corrected chi connectivity index (χ1v) is 9.18. The van der Waals surface area contributed by atoms with Crippen molar-refractivity contribution < 1.29 is 5.11 Å². The second-order valence-corrected chi connectivity index (χ2v) is 8.09. The predicted octanol–water partition coefficient (Wildman–Crippen LogP) is 4.11. The molecule has 0 amide bonds. The average molecular weight is 299 g/mol. The molecule has 22 heavy (non-hydrogen) atoms. The van der Waals surface area contributed by atoms with Crippen LogP contribution in [0.3, 0.4) is 0 Å². The number of aromatic hydroxyl groups is 1. The van der Waals surface area contributed by atoms with Gasteiger partial charge in [-0.05, 0) is 72.7 Å². The SMILES string of the molecule is CC[C@H]1[C@H]2Cc3ccc(O)cc3[C@@]1(C)CCN2CC1CCC1. The highest BCUT2D eigenvalue weighted by Gasteiger charge is 2.49. The molecule has 0 unspecified atom stereocenters. The summed E-state index contributed by atoms with van der Waals surface area (Å²) in [6, 6.07) is 6.81. The van der Waals surface area contributed by atoms with Crippen LogP contribution in [0.5, 0.6) is 5.75 Å². The number of phenolic OH excluding ortho intramolecular Hbond substituents is 1. The number of fused-ring (bicyclic) bond motifs is 4. The molecule has 120 valence electrons. The van der Waals surface area contributed by atoms with Crippen molar-refractivity contribution in [1.82, 2.24) is 4.90 Å². The van der Waals surface area contributed by atoms with E-state index in [4.69, 9.17) is 0 Å².